The maximum atomic E-state index is 11.9. The number of hydrogen-bond acceptors (Lipinski definition) is 6. The third kappa shape index (κ3) is 2.68. The number of anilines is 1. The molecule has 3 aromatic rings. The van der Waals surface area contributed by atoms with E-state index in [0.717, 1.165) is 5.56 Å². The minimum absolute atomic E-state index is 0.162. The first-order chi connectivity index (χ1) is 9.72. The average Bonchev–Trinajstić information content (AvgIpc) is 3.09. The van der Waals surface area contributed by atoms with Gasteiger partial charge in [0.05, 0.1) is 0 Å². The zero-order valence-corrected chi connectivity index (χ0v) is 11.5. The van der Waals surface area contributed by atoms with E-state index in [4.69, 9.17) is 16.1 Å². The van der Waals surface area contributed by atoms with Crippen LogP contribution in [0.3, 0.4) is 0 Å². The summed E-state index contributed by atoms with van der Waals surface area (Å²) in [7, 11) is 0. The lowest BCUT2D eigenvalue weighted by molar-refractivity contribution is 0.101. The van der Waals surface area contributed by atoms with Gasteiger partial charge in [-0.25, -0.2) is 0 Å². The maximum Gasteiger partial charge on any atom is 0.279 e. The van der Waals surface area contributed by atoms with Crippen LogP contribution in [0.4, 0.5) is 5.13 Å². The van der Waals surface area contributed by atoms with E-state index in [-0.39, 0.29) is 5.69 Å². The molecule has 6 nitrogen and oxygen atoms in total. The molecule has 1 N–H and O–H groups in total. The van der Waals surface area contributed by atoms with E-state index in [0.29, 0.717) is 15.9 Å². The maximum absolute atomic E-state index is 11.9. The second-order valence-electron chi connectivity index (χ2n) is 3.78. The fourth-order valence-electron chi connectivity index (χ4n) is 1.55. The number of carbonyl (C=O) groups is 1. The number of hydrogen-bond donors (Lipinski definition) is 1. The van der Waals surface area contributed by atoms with Gasteiger partial charge in [-0.3, -0.25) is 10.1 Å². The van der Waals surface area contributed by atoms with Gasteiger partial charge in [-0.15, -0.1) is 10.2 Å². The zero-order valence-electron chi connectivity index (χ0n) is 9.91. The Morgan fingerprint density at radius 2 is 2.25 bits per heavy atom. The van der Waals surface area contributed by atoms with Crippen LogP contribution in [0.5, 0.6) is 0 Å². The molecule has 0 atom stereocenters. The fourth-order valence-corrected chi connectivity index (χ4v) is 2.18. The van der Waals surface area contributed by atoms with Crippen molar-refractivity contribution in [2.24, 2.45) is 0 Å². The molecule has 0 bridgehead atoms. The largest absolute Gasteiger partial charge is 0.355 e. The summed E-state index contributed by atoms with van der Waals surface area (Å²) in [5.41, 5.74) is 2.44. The number of halogens is 1. The van der Waals surface area contributed by atoms with Crippen LogP contribution in [0, 0.1) is 0 Å². The average molecular weight is 307 g/mol. The Balaban J connectivity index is 1.81. The van der Waals surface area contributed by atoms with Gasteiger partial charge in [-0.05, 0) is 12.1 Å². The van der Waals surface area contributed by atoms with E-state index in [1.165, 1.54) is 16.8 Å². The Kier molecular flexibility index (Phi) is 3.44. The van der Waals surface area contributed by atoms with Gasteiger partial charge in [0.25, 0.3) is 5.91 Å². The zero-order chi connectivity index (χ0) is 13.9. The molecule has 1 amide bonds. The van der Waals surface area contributed by atoms with Crippen LogP contribution < -0.4 is 5.32 Å². The molecule has 0 aliphatic carbocycles. The van der Waals surface area contributed by atoms with Crippen molar-refractivity contribution >= 4 is 34.0 Å². The molecule has 100 valence electrons. The van der Waals surface area contributed by atoms with Crippen LogP contribution in [-0.2, 0) is 0 Å². The summed E-state index contributed by atoms with van der Waals surface area (Å²) in [5, 5.41) is 14.6. The number of nitrogens with one attached hydrogen (secondary N) is 1. The van der Waals surface area contributed by atoms with Gasteiger partial charge in [0.2, 0.25) is 5.13 Å². The van der Waals surface area contributed by atoms with Gasteiger partial charge < -0.3 is 4.52 Å². The Morgan fingerprint density at radius 1 is 1.35 bits per heavy atom. The van der Waals surface area contributed by atoms with Gasteiger partial charge in [-0.2, -0.15) is 0 Å². The predicted octanol–water partition coefficient (Wildman–Crippen LogP) is 3.10. The molecular weight excluding hydrogens is 300 g/mol. The van der Waals surface area contributed by atoms with Crippen molar-refractivity contribution in [3.63, 3.8) is 0 Å². The van der Waals surface area contributed by atoms with Crippen molar-refractivity contribution in [3.05, 3.63) is 46.6 Å². The summed E-state index contributed by atoms with van der Waals surface area (Å²) in [6, 6.07) is 8.64. The molecule has 0 aliphatic heterocycles. The molecule has 0 radical (unpaired) electrons. The SMILES string of the molecule is O=C(Nc1nncs1)c1cc(-c2cccc(Cl)c2)on1. The molecule has 0 unspecified atom stereocenters. The van der Waals surface area contributed by atoms with Crippen LogP contribution in [-0.4, -0.2) is 21.3 Å². The third-order valence-corrected chi connectivity index (χ3v) is 3.27. The van der Waals surface area contributed by atoms with Gasteiger partial charge in [0, 0.05) is 16.7 Å². The number of nitrogens with zero attached hydrogens (tertiary/aromatic N) is 3. The number of rotatable bonds is 3. The third-order valence-electron chi connectivity index (χ3n) is 2.43. The van der Waals surface area contributed by atoms with Gasteiger partial charge in [0.1, 0.15) is 5.51 Å². The highest BCUT2D eigenvalue weighted by Gasteiger charge is 2.15. The first-order valence-corrected chi connectivity index (χ1v) is 6.78. The summed E-state index contributed by atoms with van der Waals surface area (Å²) in [6.07, 6.45) is 0. The number of benzene rings is 1. The van der Waals surface area contributed by atoms with Crippen LogP contribution in [0.25, 0.3) is 11.3 Å². The Morgan fingerprint density at radius 3 is 3.00 bits per heavy atom. The van der Waals surface area contributed by atoms with E-state index in [1.807, 2.05) is 6.07 Å². The molecule has 20 heavy (non-hydrogen) atoms. The van der Waals surface area contributed by atoms with Crippen LogP contribution in [0.15, 0.2) is 40.4 Å². The first-order valence-electron chi connectivity index (χ1n) is 5.52. The second kappa shape index (κ2) is 5.40. The molecular formula is C12H7ClN4O2S. The number of carbonyl (C=O) groups excluding carboxylic acids is 1. The summed E-state index contributed by atoms with van der Waals surface area (Å²) >= 11 is 7.12. The minimum Gasteiger partial charge on any atom is -0.355 e. The van der Waals surface area contributed by atoms with Crippen LogP contribution in [0.2, 0.25) is 5.02 Å². The van der Waals surface area contributed by atoms with Gasteiger partial charge in [0.15, 0.2) is 11.5 Å². The summed E-state index contributed by atoms with van der Waals surface area (Å²) in [6.45, 7) is 0. The lowest BCUT2D eigenvalue weighted by Gasteiger charge is -1.95. The van der Waals surface area contributed by atoms with E-state index in [1.54, 1.807) is 24.3 Å². The first kappa shape index (κ1) is 12.8. The predicted molar refractivity (Wildman–Crippen MR) is 74.8 cm³/mol. The van der Waals surface area contributed by atoms with Gasteiger partial charge in [-0.1, -0.05) is 40.2 Å². The van der Waals surface area contributed by atoms with Gasteiger partial charge >= 0.3 is 0 Å². The van der Waals surface area contributed by atoms with E-state index >= 15 is 0 Å². The van der Waals surface area contributed by atoms with E-state index in [2.05, 4.69) is 20.7 Å². The fraction of sp³-hybridized carbons (Fsp3) is 0. The van der Waals surface area contributed by atoms with Crippen molar-refractivity contribution in [1.29, 1.82) is 0 Å². The highest BCUT2D eigenvalue weighted by Crippen LogP contribution is 2.23. The molecule has 2 aromatic heterocycles. The molecule has 0 saturated carbocycles. The highest BCUT2D eigenvalue weighted by molar-refractivity contribution is 7.13. The molecule has 0 fully saturated rings. The van der Waals surface area contributed by atoms with Crippen LogP contribution >= 0.6 is 22.9 Å². The van der Waals surface area contributed by atoms with Crippen molar-refractivity contribution in [2.75, 3.05) is 5.32 Å². The minimum atomic E-state index is -0.404. The Hall–Kier alpha value is -2.25. The molecule has 0 saturated heterocycles. The molecule has 0 spiro atoms. The lowest BCUT2D eigenvalue weighted by Crippen LogP contribution is -2.11. The van der Waals surface area contributed by atoms with Crippen molar-refractivity contribution in [3.8, 4) is 11.3 Å². The van der Waals surface area contributed by atoms with E-state index < -0.39 is 5.91 Å². The quantitative estimate of drug-likeness (QED) is 0.804. The Labute approximate surface area is 122 Å². The Bertz CT molecular complexity index is 742. The molecule has 1 aromatic carbocycles. The molecule has 8 heteroatoms. The van der Waals surface area contributed by atoms with Crippen molar-refractivity contribution in [1.82, 2.24) is 15.4 Å². The topological polar surface area (TPSA) is 80.9 Å². The summed E-state index contributed by atoms with van der Waals surface area (Å²) < 4.78 is 5.14. The monoisotopic (exact) mass is 306 g/mol. The van der Waals surface area contributed by atoms with Crippen molar-refractivity contribution in [2.45, 2.75) is 0 Å². The van der Waals surface area contributed by atoms with Crippen molar-refractivity contribution < 1.29 is 9.32 Å². The standard InChI is InChI=1S/C12H7ClN4O2S/c13-8-3-1-2-7(4-8)10-5-9(17-19-10)11(18)15-12-16-14-6-20-12/h1-6H,(H,15,16,18). The number of amides is 1. The number of aromatic nitrogens is 3. The van der Waals surface area contributed by atoms with E-state index in [9.17, 15) is 4.79 Å². The highest BCUT2D eigenvalue weighted by atomic mass is 35.5. The molecule has 2 heterocycles. The summed E-state index contributed by atoms with van der Waals surface area (Å²) in [4.78, 5) is 11.9. The normalized spacial score (nSPS) is 10.4. The summed E-state index contributed by atoms with van der Waals surface area (Å²) in [5.74, 6) is 0.0636. The smallest absolute Gasteiger partial charge is 0.279 e. The molecule has 3 rings (SSSR count). The lowest BCUT2D eigenvalue weighted by atomic mass is 10.1. The second-order valence-corrected chi connectivity index (χ2v) is 5.05. The molecule has 0 aliphatic rings. The van der Waals surface area contributed by atoms with Crippen LogP contribution in [0.1, 0.15) is 10.5 Å².